The fourth-order valence-electron chi connectivity index (χ4n) is 3.63. The molecule has 1 aliphatic heterocycles. The number of nitrogens with zero attached hydrogens (tertiary/aromatic N) is 2. The molecule has 2 aromatic carbocycles. The number of anilines is 1. The van der Waals surface area contributed by atoms with Crippen molar-refractivity contribution in [3.05, 3.63) is 71.0 Å². The van der Waals surface area contributed by atoms with Crippen LogP contribution in [0.4, 0.5) is 5.69 Å². The maximum absolute atomic E-state index is 13.2. The van der Waals surface area contributed by atoms with Crippen molar-refractivity contribution in [1.82, 2.24) is 4.90 Å². The topological polar surface area (TPSA) is 53.8 Å². The van der Waals surface area contributed by atoms with Crippen molar-refractivity contribution in [2.24, 2.45) is 0 Å². The molecule has 146 valence electrons. The van der Waals surface area contributed by atoms with Gasteiger partial charge < -0.3 is 9.32 Å². The Labute approximate surface area is 169 Å². The molecule has 0 N–H and O–H groups in total. The van der Waals surface area contributed by atoms with E-state index in [-0.39, 0.29) is 4.91 Å². The van der Waals surface area contributed by atoms with Crippen LogP contribution >= 0.6 is 11.6 Å². The van der Waals surface area contributed by atoms with Crippen LogP contribution in [-0.4, -0.2) is 34.0 Å². The number of hydrogen-bond donors (Lipinski definition) is 0. The molecule has 0 fully saturated rings. The predicted octanol–water partition coefficient (Wildman–Crippen LogP) is 4.51. The van der Waals surface area contributed by atoms with Crippen LogP contribution < -0.4 is 4.31 Å². The molecule has 4 rings (SSSR count). The lowest BCUT2D eigenvalue weighted by Gasteiger charge is -2.21. The predicted molar refractivity (Wildman–Crippen MR) is 114 cm³/mol. The summed E-state index contributed by atoms with van der Waals surface area (Å²) in [4.78, 5) is 2.08. The maximum Gasteiger partial charge on any atom is 0.267 e. The van der Waals surface area contributed by atoms with Crippen LogP contribution in [0, 0.1) is 0 Å². The van der Waals surface area contributed by atoms with E-state index in [1.54, 1.807) is 36.4 Å². The molecule has 0 radical (unpaired) electrons. The van der Waals surface area contributed by atoms with Crippen LogP contribution in [0.1, 0.15) is 16.9 Å². The van der Waals surface area contributed by atoms with E-state index in [0.717, 1.165) is 29.5 Å². The average Bonchev–Trinajstić information content (AvgIpc) is 2.94. The van der Waals surface area contributed by atoms with Gasteiger partial charge in [-0.25, -0.2) is 8.42 Å². The van der Waals surface area contributed by atoms with Crippen molar-refractivity contribution in [3.63, 3.8) is 0 Å². The Morgan fingerprint density at radius 3 is 2.61 bits per heavy atom. The Kier molecular flexibility index (Phi) is 4.73. The van der Waals surface area contributed by atoms with E-state index in [4.69, 9.17) is 16.0 Å². The molecular weight excluding hydrogens is 396 g/mol. The molecule has 5 nitrogen and oxygen atoms in total. The summed E-state index contributed by atoms with van der Waals surface area (Å²) in [5.41, 5.74) is 3.02. The van der Waals surface area contributed by atoms with Crippen molar-refractivity contribution < 1.29 is 12.8 Å². The van der Waals surface area contributed by atoms with Gasteiger partial charge in [-0.3, -0.25) is 4.31 Å². The van der Waals surface area contributed by atoms with Crippen molar-refractivity contribution in [3.8, 4) is 0 Å². The number of hydrogen-bond acceptors (Lipinski definition) is 4. The summed E-state index contributed by atoms with van der Waals surface area (Å²) < 4.78 is 33.7. The number of likely N-dealkylation sites (N-methyl/N-ethyl adjacent to an activating group) is 1. The third-order valence-corrected chi connectivity index (χ3v) is 7.32. The number of sulfonamides is 1. The van der Waals surface area contributed by atoms with Crippen molar-refractivity contribution >= 4 is 43.2 Å². The van der Waals surface area contributed by atoms with Gasteiger partial charge in [-0.05, 0) is 43.3 Å². The molecule has 0 unspecified atom stereocenters. The number of halogens is 1. The second kappa shape index (κ2) is 6.95. The summed E-state index contributed by atoms with van der Waals surface area (Å²) in [6.45, 7) is 5.30. The summed E-state index contributed by atoms with van der Waals surface area (Å²) >= 11 is 6.43. The van der Waals surface area contributed by atoms with Gasteiger partial charge in [-0.1, -0.05) is 36.4 Å². The second-order valence-electron chi connectivity index (χ2n) is 7.03. The third-order valence-electron chi connectivity index (χ3n) is 5.22. The number of para-hydroxylation sites is 1. The van der Waals surface area contributed by atoms with E-state index in [0.29, 0.717) is 28.6 Å². The van der Waals surface area contributed by atoms with Crippen LogP contribution in [0.2, 0.25) is 5.02 Å². The summed E-state index contributed by atoms with van der Waals surface area (Å²) in [5.74, 6) is 0.301. The largest absolute Gasteiger partial charge is 0.455 e. The molecule has 0 saturated carbocycles. The van der Waals surface area contributed by atoms with Gasteiger partial charge >= 0.3 is 0 Å². The maximum atomic E-state index is 13.2. The smallest absolute Gasteiger partial charge is 0.267 e. The van der Waals surface area contributed by atoms with Gasteiger partial charge in [0.2, 0.25) is 0 Å². The van der Waals surface area contributed by atoms with Crippen LogP contribution in [0.25, 0.3) is 15.9 Å². The number of benzene rings is 2. The molecule has 2 heterocycles. The average molecular weight is 417 g/mol. The van der Waals surface area contributed by atoms with E-state index < -0.39 is 10.0 Å². The summed E-state index contributed by atoms with van der Waals surface area (Å²) in [6, 6.07) is 12.5. The van der Waals surface area contributed by atoms with Gasteiger partial charge in [0.1, 0.15) is 10.5 Å². The highest BCUT2D eigenvalue weighted by molar-refractivity contribution is 8.01. The van der Waals surface area contributed by atoms with E-state index in [9.17, 15) is 8.42 Å². The molecule has 7 heteroatoms. The molecular formula is C21H21ClN2O3S. The highest BCUT2D eigenvalue weighted by Gasteiger charge is 2.31. The fourth-order valence-corrected chi connectivity index (χ4v) is 5.01. The first-order valence-corrected chi connectivity index (χ1v) is 10.8. The Bertz CT molecular complexity index is 1170. The van der Waals surface area contributed by atoms with Crippen molar-refractivity contribution in [2.45, 2.75) is 13.0 Å². The zero-order valence-corrected chi connectivity index (χ0v) is 17.3. The zero-order chi connectivity index (χ0) is 20.1. The van der Waals surface area contributed by atoms with Crippen molar-refractivity contribution in [1.29, 1.82) is 0 Å². The molecule has 0 amide bonds. The van der Waals surface area contributed by atoms with Crippen LogP contribution in [0.15, 0.2) is 53.5 Å². The van der Waals surface area contributed by atoms with E-state index in [1.807, 2.05) is 13.1 Å². The summed E-state index contributed by atoms with van der Waals surface area (Å²) in [5, 5.41) is 1.58. The minimum Gasteiger partial charge on any atom is -0.455 e. The minimum atomic E-state index is -3.86. The lowest BCUT2D eigenvalue weighted by Crippen LogP contribution is -2.27. The molecule has 28 heavy (non-hydrogen) atoms. The van der Waals surface area contributed by atoms with Crippen molar-refractivity contribution in [2.75, 3.05) is 24.9 Å². The van der Waals surface area contributed by atoms with Crippen LogP contribution in [0.3, 0.4) is 0 Å². The highest BCUT2D eigenvalue weighted by Crippen LogP contribution is 2.40. The monoisotopic (exact) mass is 416 g/mol. The Balaban J connectivity index is 1.86. The number of rotatable bonds is 4. The minimum absolute atomic E-state index is 0.0533. The Hall–Kier alpha value is -2.28. The highest BCUT2D eigenvalue weighted by atomic mass is 35.5. The van der Waals surface area contributed by atoms with E-state index >= 15 is 0 Å². The summed E-state index contributed by atoms with van der Waals surface area (Å²) in [6.07, 6.45) is 0.780. The fraction of sp³-hybridized carbons (Fsp3) is 0.238. The number of furan rings is 1. The van der Waals surface area contributed by atoms with Gasteiger partial charge in [0.05, 0.1) is 5.69 Å². The molecule has 1 aliphatic rings. The van der Waals surface area contributed by atoms with E-state index in [2.05, 4.69) is 11.5 Å². The third kappa shape index (κ3) is 3.02. The van der Waals surface area contributed by atoms with Crippen LogP contribution in [0.5, 0.6) is 0 Å². The lowest BCUT2D eigenvalue weighted by atomic mass is 10.0. The first kappa shape index (κ1) is 19.1. The van der Waals surface area contributed by atoms with Gasteiger partial charge in [0.25, 0.3) is 10.0 Å². The molecule has 0 saturated heterocycles. The Morgan fingerprint density at radius 1 is 1.18 bits per heavy atom. The lowest BCUT2D eigenvalue weighted by molar-refractivity contribution is 0.334. The first-order valence-electron chi connectivity index (χ1n) is 8.95. The standard InChI is InChI=1S/C21H21ClN2O3S/c1-14(28(25,26)24(3)15-7-5-4-6-8-15)21-17-13-23(2)12-11-16-18(22)9-10-19(27-21)20(16)17/h4-10H,1,11-13H2,2-3H3. The van der Waals surface area contributed by atoms with Gasteiger partial charge in [-0.15, -0.1) is 0 Å². The second-order valence-corrected chi connectivity index (χ2v) is 9.43. The van der Waals surface area contributed by atoms with Crippen LogP contribution in [-0.2, 0) is 23.0 Å². The van der Waals surface area contributed by atoms with E-state index in [1.165, 1.54) is 11.4 Å². The quantitative estimate of drug-likeness (QED) is 0.627. The van der Waals surface area contributed by atoms with Gasteiger partial charge in [-0.2, -0.15) is 0 Å². The SMILES string of the molecule is C=C(c1oc2ccc(Cl)c3c2c1CN(C)CC3)S(=O)(=O)N(C)c1ccccc1. The zero-order valence-electron chi connectivity index (χ0n) is 15.8. The first-order chi connectivity index (χ1) is 13.3. The molecule has 0 atom stereocenters. The molecule has 1 aromatic heterocycles. The molecule has 3 aromatic rings. The molecule has 0 bridgehead atoms. The normalized spacial score (nSPS) is 14.8. The molecule has 0 aliphatic carbocycles. The van der Waals surface area contributed by atoms with Gasteiger partial charge in [0.15, 0.2) is 5.76 Å². The summed E-state index contributed by atoms with van der Waals surface area (Å²) in [7, 11) is -0.346. The Morgan fingerprint density at radius 2 is 1.89 bits per heavy atom. The molecule has 0 spiro atoms. The van der Waals surface area contributed by atoms with Gasteiger partial charge in [0, 0.05) is 36.1 Å².